The Morgan fingerprint density at radius 1 is 1.80 bits per heavy atom. The van der Waals surface area contributed by atoms with Gasteiger partial charge in [-0.2, -0.15) is 4.75 Å². The largest absolute Gasteiger partial charge is 0.271 e. The molecular formula is CH3N3Si. The molecule has 1 aromatic rings. The smallest absolute Gasteiger partial charge is 0.190 e. The Kier molecular flexibility index (Phi) is 0.581. The van der Waals surface area contributed by atoms with Crippen molar-refractivity contribution in [1.29, 1.82) is 0 Å². The van der Waals surface area contributed by atoms with Crippen molar-refractivity contribution >= 4 is 9.29 Å². The van der Waals surface area contributed by atoms with E-state index in [9.17, 15) is 0 Å². The quantitative estimate of drug-likeness (QED) is 0.405. The lowest BCUT2D eigenvalue weighted by atomic mass is 11.6. The Hall–Kier alpha value is -0.513. The SMILES string of the molecule is c1[nH]nn[siH]1. The van der Waals surface area contributed by atoms with E-state index in [1.165, 1.54) is 0 Å². The van der Waals surface area contributed by atoms with Crippen LogP contribution in [0.2, 0.25) is 0 Å². The van der Waals surface area contributed by atoms with Gasteiger partial charge in [-0.25, -0.2) is 0 Å². The fraction of sp³-hybridized carbons (Fsp3) is 0. The van der Waals surface area contributed by atoms with Crippen molar-refractivity contribution in [2.45, 2.75) is 0 Å². The minimum atomic E-state index is 0.148. The molecule has 0 spiro atoms. The van der Waals surface area contributed by atoms with Crippen LogP contribution < -0.4 is 0 Å². The van der Waals surface area contributed by atoms with Crippen LogP contribution in [0.3, 0.4) is 0 Å². The standard InChI is InChI=1S/CH3N3Si/c1-2-3-4-5-1/h1,5H,(H,2,4). The van der Waals surface area contributed by atoms with Crippen molar-refractivity contribution < 1.29 is 0 Å². The van der Waals surface area contributed by atoms with E-state index in [1.807, 2.05) is 5.81 Å². The summed E-state index contributed by atoms with van der Waals surface area (Å²) in [6.07, 6.45) is 0. The average molecular weight is 85.1 g/mol. The van der Waals surface area contributed by atoms with Gasteiger partial charge in [0, 0.05) is 5.81 Å². The predicted molar refractivity (Wildman–Crippen MR) is 19.1 cm³/mol. The van der Waals surface area contributed by atoms with Gasteiger partial charge in [-0.1, -0.05) is 5.21 Å². The molecule has 0 aromatic carbocycles. The maximum atomic E-state index is 3.62. The van der Waals surface area contributed by atoms with E-state index in [2.05, 4.69) is 15.1 Å². The predicted octanol–water partition coefficient (Wildman–Crippen LogP) is -1.12. The number of nitrogens with zero attached hydrogens (tertiary/aromatic N) is 2. The molecule has 0 aliphatic heterocycles. The summed E-state index contributed by atoms with van der Waals surface area (Å²) in [6, 6.07) is 0. The summed E-state index contributed by atoms with van der Waals surface area (Å²) < 4.78 is 3.62. The molecule has 3 nitrogen and oxygen atoms in total. The van der Waals surface area contributed by atoms with Gasteiger partial charge in [0.2, 0.25) is 0 Å². The second-order valence-electron chi connectivity index (χ2n) is 0.660. The second-order valence-corrected chi connectivity index (χ2v) is 1.52. The highest BCUT2D eigenvalue weighted by Crippen LogP contribution is 1.42. The average Bonchev–Trinajstić information content (AvgIpc) is 1.76. The van der Waals surface area contributed by atoms with Gasteiger partial charge < -0.3 is 0 Å². The third-order valence-corrected chi connectivity index (χ3v) is 0.878. The van der Waals surface area contributed by atoms with E-state index in [4.69, 9.17) is 0 Å². The number of aromatic amines is 1. The van der Waals surface area contributed by atoms with Crippen LogP contribution in [0.5, 0.6) is 0 Å². The summed E-state index contributed by atoms with van der Waals surface area (Å²) in [6.45, 7) is 0. The summed E-state index contributed by atoms with van der Waals surface area (Å²) in [5.41, 5.74) is 0. The number of rotatable bonds is 0. The van der Waals surface area contributed by atoms with Gasteiger partial charge in [0.25, 0.3) is 0 Å². The van der Waals surface area contributed by atoms with Crippen LogP contribution in [0.1, 0.15) is 0 Å². The molecule has 0 aliphatic carbocycles. The molecule has 0 amide bonds. The van der Waals surface area contributed by atoms with Crippen LogP contribution in [0.25, 0.3) is 0 Å². The first kappa shape index (κ1) is 2.71. The summed E-state index contributed by atoms with van der Waals surface area (Å²) in [5.74, 6) is 1.86. The summed E-state index contributed by atoms with van der Waals surface area (Å²) >= 11 is 0. The molecule has 5 heavy (non-hydrogen) atoms. The monoisotopic (exact) mass is 85.0 g/mol. The minimum Gasteiger partial charge on any atom is -0.271 e. The molecule has 1 rings (SSSR count). The number of nitrogens with one attached hydrogen (secondary N) is 1. The van der Waals surface area contributed by atoms with Crippen LogP contribution in [0.4, 0.5) is 0 Å². The van der Waals surface area contributed by atoms with E-state index < -0.39 is 0 Å². The van der Waals surface area contributed by atoms with Gasteiger partial charge in [0.1, 0.15) is 0 Å². The van der Waals surface area contributed by atoms with E-state index in [0.29, 0.717) is 0 Å². The van der Waals surface area contributed by atoms with Gasteiger partial charge in [0.05, 0.1) is 0 Å². The van der Waals surface area contributed by atoms with E-state index in [1.54, 1.807) is 0 Å². The molecule has 0 unspecified atom stereocenters. The first-order chi connectivity index (χ1) is 2.50. The lowest BCUT2D eigenvalue weighted by Crippen LogP contribution is -1.65. The highest BCUT2D eigenvalue weighted by atomic mass is 28.2. The molecule has 0 aliphatic rings. The third-order valence-electron chi connectivity index (χ3n) is 0.331. The van der Waals surface area contributed by atoms with Crippen LogP contribution in [-0.4, -0.2) is 24.4 Å². The molecule has 0 saturated heterocycles. The molecular weight excluding hydrogens is 82.1 g/mol. The van der Waals surface area contributed by atoms with Crippen molar-refractivity contribution in [3.63, 3.8) is 0 Å². The van der Waals surface area contributed by atoms with Gasteiger partial charge in [-0.15, -0.1) is 0 Å². The molecule has 0 atom stereocenters. The lowest BCUT2D eigenvalue weighted by Gasteiger charge is -1.48. The van der Waals surface area contributed by atoms with Crippen LogP contribution in [0.15, 0.2) is 5.81 Å². The van der Waals surface area contributed by atoms with Crippen molar-refractivity contribution in [3.8, 4) is 0 Å². The Morgan fingerprint density at radius 2 is 2.80 bits per heavy atom. The van der Waals surface area contributed by atoms with E-state index in [0.717, 1.165) is 0 Å². The summed E-state index contributed by atoms with van der Waals surface area (Å²) in [5, 5.41) is 6.03. The summed E-state index contributed by atoms with van der Waals surface area (Å²) in [4.78, 5) is 0. The first-order valence-electron chi connectivity index (χ1n) is 1.30. The molecule has 0 fully saturated rings. The molecule has 0 saturated carbocycles. The normalized spacial score (nSPS) is 8.00. The maximum Gasteiger partial charge on any atom is 0.190 e. The molecule has 26 valence electrons. The molecule has 4 heteroatoms. The van der Waals surface area contributed by atoms with Crippen molar-refractivity contribution in [1.82, 2.24) is 15.1 Å². The highest BCUT2D eigenvalue weighted by molar-refractivity contribution is 6.18. The molecule has 0 radical (unpaired) electrons. The summed E-state index contributed by atoms with van der Waals surface area (Å²) in [7, 11) is 0.148. The molecule has 0 bridgehead atoms. The number of aromatic nitrogens is 3. The van der Waals surface area contributed by atoms with Crippen molar-refractivity contribution in [2.75, 3.05) is 0 Å². The topological polar surface area (TPSA) is 41.6 Å². The zero-order chi connectivity index (χ0) is 3.54. The van der Waals surface area contributed by atoms with Crippen LogP contribution in [0, 0.1) is 0 Å². The zero-order valence-corrected chi connectivity index (χ0v) is 3.70. The van der Waals surface area contributed by atoms with Crippen LogP contribution in [-0.2, 0) is 0 Å². The van der Waals surface area contributed by atoms with Crippen molar-refractivity contribution in [2.24, 2.45) is 0 Å². The van der Waals surface area contributed by atoms with Gasteiger partial charge in [-0.3, -0.25) is 5.10 Å². The van der Waals surface area contributed by atoms with Crippen LogP contribution >= 0.6 is 0 Å². The zero-order valence-electron chi connectivity index (χ0n) is 2.55. The Labute approximate surface area is 31.2 Å². The Balaban J connectivity index is 3.13. The maximum absolute atomic E-state index is 3.62. The molecule has 1 heterocycles. The van der Waals surface area contributed by atoms with E-state index in [-0.39, 0.29) is 9.29 Å². The van der Waals surface area contributed by atoms with Crippen molar-refractivity contribution in [3.05, 3.63) is 5.81 Å². The number of hydrogen-bond acceptors (Lipinski definition) is 2. The molecule has 1 N–H and O–H groups in total. The first-order valence-corrected chi connectivity index (χ1v) is 2.49. The lowest BCUT2D eigenvalue weighted by molar-refractivity contribution is 0.956. The van der Waals surface area contributed by atoms with Gasteiger partial charge in [0.15, 0.2) is 9.29 Å². The van der Waals surface area contributed by atoms with Gasteiger partial charge in [-0.05, 0) is 0 Å². The fourth-order valence-corrected chi connectivity index (χ4v) is 0.500. The Bertz CT molecular complexity index is 63.4. The highest BCUT2D eigenvalue weighted by Gasteiger charge is 1.59. The second kappa shape index (κ2) is 1.07. The molecule has 1 aromatic heterocycles. The number of hydrogen-bond donors (Lipinski definition) is 1. The minimum absolute atomic E-state index is 0.148. The van der Waals surface area contributed by atoms with E-state index >= 15 is 0 Å². The third kappa shape index (κ3) is 0.383. The Morgan fingerprint density at radius 3 is 3.00 bits per heavy atom. The number of H-pyrrole nitrogens is 1. The van der Waals surface area contributed by atoms with Gasteiger partial charge >= 0.3 is 0 Å². The fourth-order valence-electron chi connectivity index (χ4n) is 0.167.